The molecule has 0 aromatic heterocycles. The minimum atomic E-state index is -0.638. The van der Waals surface area contributed by atoms with E-state index >= 15 is 0 Å². The molecule has 0 amide bonds. The number of aliphatic hydroxyl groups excluding tert-OH is 1. The predicted molar refractivity (Wildman–Crippen MR) is 198 cm³/mol. The van der Waals surface area contributed by atoms with E-state index in [9.17, 15) is 19.5 Å². The SMILES string of the molecule is COC(=O)/C=C/c1cc(OC)c(OCCOC(=O)[C@]2(C)CC[C@]3(C)CC[C@]4(C)C5=CC=C6C(=CC(=O)C(O)=C6C)[C@]5(C)CC[C@@]4(C)[C@@H]3C2)c(OC)c1. The fourth-order valence-corrected chi connectivity index (χ4v) is 10.5. The van der Waals surface area contributed by atoms with E-state index in [1.165, 1.54) is 33.0 Å². The van der Waals surface area contributed by atoms with Crippen LogP contribution in [0.4, 0.5) is 0 Å². The van der Waals surface area contributed by atoms with E-state index in [1.54, 1.807) is 24.3 Å². The Hall–Kier alpha value is -4.27. The monoisotopic (exact) mass is 714 g/mol. The third-order valence-electron chi connectivity index (χ3n) is 14.0. The summed E-state index contributed by atoms with van der Waals surface area (Å²) in [4.78, 5) is 38.4. The van der Waals surface area contributed by atoms with Crippen LogP contribution in [0, 0.1) is 33.0 Å². The van der Waals surface area contributed by atoms with Gasteiger partial charge in [0.25, 0.3) is 0 Å². The van der Waals surface area contributed by atoms with Gasteiger partial charge in [-0.05, 0) is 122 Å². The van der Waals surface area contributed by atoms with Gasteiger partial charge in [-0.3, -0.25) is 9.59 Å². The summed E-state index contributed by atoms with van der Waals surface area (Å²) in [6.45, 7) is 13.7. The molecule has 1 aromatic carbocycles. The molecule has 6 rings (SSSR count). The van der Waals surface area contributed by atoms with Crippen molar-refractivity contribution >= 4 is 23.8 Å². The molecule has 52 heavy (non-hydrogen) atoms. The quantitative estimate of drug-likeness (QED) is 0.153. The molecule has 0 unspecified atom stereocenters. The van der Waals surface area contributed by atoms with E-state index in [0.717, 1.165) is 56.1 Å². The summed E-state index contributed by atoms with van der Waals surface area (Å²) in [5, 5.41) is 10.5. The number of hydrogen-bond acceptors (Lipinski definition) is 9. The minimum absolute atomic E-state index is 0.0683. The number of ether oxygens (including phenoxy) is 5. The molecule has 3 saturated carbocycles. The second-order valence-corrected chi connectivity index (χ2v) is 16.7. The summed E-state index contributed by atoms with van der Waals surface area (Å²) >= 11 is 0. The van der Waals surface area contributed by atoms with Gasteiger partial charge in [-0.1, -0.05) is 45.4 Å². The second-order valence-electron chi connectivity index (χ2n) is 16.7. The molecular weight excluding hydrogens is 660 g/mol. The maximum Gasteiger partial charge on any atom is 0.330 e. The number of hydrogen-bond donors (Lipinski definition) is 1. The normalized spacial score (nSPS) is 33.8. The van der Waals surface area contributed by atoms with Crippen molar-refractivity contribution < 1.29 is 43.2 Å². The van der Waals surface area contributed by atoms with E-state index in [-0.39, 0.29) is 52.4 Å². The zero-order valence-electron chi connectivity index (χ0n) is 32.2. The number of allylic oxidation sites excluding steroid dienone is 7. The van der Waals surface area contributed by atoms with Gasteiger partial charge in [0.05, 0.1) is 26.7 Å². The highest BCUT2D eigenvalue weighted by Crippen LogP contribution is 2.75. The molecule has 5 aliphatic carbocycles. The highest BCUT2D eigenvalue weighted by molar-refractivity contribution is 6.06. The summed E-state index contributed by atoms with van der Waals surface area (Å²) in [5.74, 6) is 0.367. The average molecular weight is 715 g/mol. The molecule has 9 heteroatoms. The lowest BCUT2D eigenvalue weighted by Crippen LogP contribution is -2.62. The number of aliphatic hydroxyl groups is 1. The molecule has 280 valence electrons. The van der Waals surface area contributed by atoms with Crippen molar-refractivity contribution in [2.75, 3.05) is 34.5 Å². The number of esters is 2. The summed E-state index contributed by atoms with van der Waals surface area (Å²) in [6, 6.07) is 3.45. The number of benzene rings is 1. The maximum absolute atomic E-state index is 14.0. The van der Waals surface area contributed by atoms with Crippen LogP contribution in [0.3, 0.4) is 0 Å². The molecule has 1 aromatic rings. The topological polar surface area (TPSA) is 118 Å². The van der Waals surface area contributed by atoms with Crippen molar-refractivity contribution in [3.63, 3.8) is 0 Å². The maximum atomic E-state index is 14.0. The van der Waals surface area contributed by atoms with Crippen molar-refractivity contribution in [3.05, 3.63) is 70.1 Å². The van der Waals surface area contributed by atoms with Gasteiger partial charge in [0.15, 0.2) is 17.3 Å². The highest BCUT2D eigenvalue weighted by Gasteiger charge is 2.67. The van der Waals surface area contributed by atoms with E-state index in [4.69, 9.17) is 18.9 Å². The molecule has 0 spiro atoms. The molecule has 9 nitrogen and oxygen atoms in total. The van der Waals surface area contributed by atoms with Gasteiger partial charge < -0.3 is 28.8 Å². The smallest absolute Gasteiger partial charge is 0.330 e. The molecule has 0 heterocycles. The Kier molecular flexibility index (Phi) is 9.59. The lowest BCUT2D eigenvalue weighted by atomic mass is 9.34. The largest absolute Gasteiger partial charge is 0.504 e. The van der Waals surface area contributed by atoms with Crippen LogP contribution in [-0.2, 0) is 23.9 Å². The standard InChI is InChI=1S/C43H54O9/c1-26-28-11-12-33-41(4,29(28)24-30(44)36(26)46)17-19-43(6)34-25-40(3,15-14-39(34,2)16-18-42(33,43)5)38(47)52-21-20-51-37-31(48-7)22-27(23-32(37)49-8)10-13-35(45)50-9/h10-13,22-24,34,46H,14-21,25H2,1-9H3/b13-10+/t34-,39-,40-,41+,42-,43+/m1/s1. The van der Waals surface area contributed by atoms with Gasteiger partial charge in [-0.15, -0.1) is 0 Å². The van der Waals surface area contributed by atoms with E-state index in [1.807, 2.05) is 6.92 Å². The number of carbonyl (C=O) groups excluding carboxylic acids is 3. The van der Waals surface area contributed by atoms with Crippen LogP contribution in [0.5, 0.6) is 17.2 Å². The van der Waals surface area contributed by atoms with Crippen LogP contribution in [0.1, 0.15) is 92.1 Å². The third kappa shape index (κ3) is 5.79. The lowest BCUT2D eigenvalue weighted by Gasteiger charge is -2.70. The molecule has 0 aliphatic heterocycles. The second kappa shape index (κ2) is 13.3. The number of carbonyl (C=O) groups is 3. The van der Waals surface area contributed by atoms with Crippen LogP contribution in [0.25, 0.3) is 6.08 Å². The van der Waals surface area contributed by atoms with Gasteiger partial charge in [-0.25, -0.2) is 4.79 Å². The van der Waals surface area contributed by atoms with Gasteiger partial charge in [-0.2, -0.15) is 0 Å². The fraction of sp³-hybridized carbons (Fsp3) is 0.558. The van der Waals surface area contributed by atoms with Crippen LogP contribution in [0.15, 0.2) is 64.5 Å². The summed E-state index contributed by atoms with van der Waals surface area (Å²) < 4.78 is 27.8. The Morgan fingerprint density at radius 1 is 0.904 bits per heavy atom. The molecule has 0 bridgehead atoms. The Morgan fingerprint density at radius 3 is 2.23 bits per heavy atom. The third-order valence-corrected chi connectivity index (χ3v) is 14.0. The summed E-state index contributed by atoms with van der Waals surface area (Å²) in [5.41, 5.74) is 3.66. The summed E-state index contributed by atoms with van der Waals surface area (Å²) in [7, 11) is 4.36. The first-order chi connectivity index (χ1) is 24.5. The lowest BCUT2D eigenvalue weighted by molar-refractivity contribution is -0.182. The average Bonchev–Trinajstić information content (AvgIpc) is 3.13. The van der Waals surface area contributed by atoms with Crippen LogP contribution in [-0.4, -0.2) is 57.4 Å². The number of methoxy groups -OCH3 is 3. The number of rotatable bonds is 9. The Balaban J connectivity index is 1.18. The highest BCUT2D eigenvalue weighted by atomic mass is 16.6. The Bertz CT molecular complexity index is 1820. The minimum Gasteiger partial charge on any atom is -0.504 e. The predicted octanol–water partition coefficient (Wildman–Crippen LogP) is 8.44. The molecule has 5 aliphatic rings. The summed E-state index contributed by atoms with van der Waals surface area (Å²) in [6.07, 6.45) is 15.5. The van der Waals surface area contributed by atoms with Gasteiger partial charge in [0.1, 0.15) is 13.2 Å². The van der Waals surface area contributed by atoms with E-state index in [0.29, 0.717) is 34.3 Å². The first-order valence-electron chi connectivity index (χ1n) is 18.4. The molecule has 3 fully saturated rings. The van der Waals surface area contributed by atoms with Crippen molar-refractivity contribution in [3.8, 4) is 17.2 Å². The van der Waals surface area contributed by atoms with Crippen molar-refractivity contribution in [1.82, 2.24) is 0 Å². The zero-order chi connectivity index (χ0) is 37.9. The van der Waals surface area contributed by atoms with E-state index < -0.39 is 11.4 Å². The van der Waals surface area contributed by atoms with Gasteiger partial charge in [0.2, 0.25) is 11.5 Å². The molecular formula is C43H54O9. The number of fused-ring (bicyclic) bond motifs is 7. The Labute approximate surface area is 307 Å². The van der Waals surface area contributed by atoms with Crippen molar-refractivity contribution in [2.24, 2.45) is 33.0 Å². The van der Waals surface area contributed by atoms with Gasteiger partial charge in [0, 0.05) is 17.1 Å². The zero-order valence-corrected chi connectivity index (χ0v) is 32.2. The first-order valence-corrected chi connectivity index (χ1v) is 18.4. The van der Waals surface area contributed by atoms with Gasteiger partial charge >= 0.3 is 11.9 Å². The Morgan fingerprint density at radius 2 is 1.58 bits per heavy atom. The van der Waals surface area contributed by atoms with Crippen molar-refractivity contribution in [2.45, 2.75) is 86.5 Å². The van der Waals surface area contributed by atoms with Crippen LogP contribution in [0.2, 0.25) is 0 Å². The molecule has 1 N–H and O–H groups in total. The molecule has 0 radical (unpaired) electrons. The first kappa shape index (κ1) is 37.5. The fourth-order valence-electron chi connectivity index (χ4n) is 10.5. The van der Waals surface area contributed by atoms with Crippen molar-refractivity contribution in [1.29, 1.82) is 0 Å². The van der Waals surface area contributed by atoms with E-state index in [2.05, 4.69) is 51.5 Å². The van der Waals surface area contributed by atoms with Crippen LogP contribution < -0.4 is 14.2 Å². The molecule has 6 atom stereocenters. The van der Waals surface area contributed by atoms with Crippen LogP contribution >= 0.6 is 0 Å². The molecule has 0 saturated heterocycles. The number of ketones is 1.